The lowest BCUT2D eigenvalue weighted by Gasteiger charge is -2.28. The maximum Gasteiger partial charge on any atom is 0.270 e. The molecule has 0 unspecified atom stereocenters. The number of hydrogen-bond donors (Lipinski definition) is 4. The van der Waals surface area contributed by atoms with Crippen molar-refractivity contribution in [2.24, 2.45) is 0 Å². The molecule has 1 fully saturated rings. The second-order valence-electron chi connectivity index (χ2n) is 7.06. The Labute approximate surface area is 169 Å². The van der Waals surface area contributed by atoms with E-state index >= 15 is 0 Å². The highest BCUT2D eigenvalue weighted by Gasteiger charge is 2.27. The summed E-state index contributed by atoms with van der Waals surface area (Å²) in [5.74, 6) is -1.49. The van der Waals surface area contributed by atoms with Crippen molar-refractivity contribution in [3.8, 4) is 0 Å². The number of nitrogens with one attached hydrogen (secondary N) is 3. The third-order valence-corrected chi connectivity index (χ3v) is 5.00. The zero-order chi connectivity index (χ0) is 21.3. The molecule has 0 radical (unpaired) electrons. The Morgan fingerprint density at radius 1 is 1.37 bits per heavy atom. The number of fused-ring (bicyclic) bond motifs is 1. The van der Waals surface area contributed by atoms with Crippen LogP contribution in [0.25, 0.3) is 11.0 Å². The monoisotopic (exact) mass is 418 g/mol. The summed E-state index contributed by atoms with van der Waals surface area (Å²) < 4.78 is 32.7. The molecule has 3 heterocycles. The molecule has 1 amide bonds. The second-order valence-corrected chi connectivity index (χ2v) is 7.06. The first kappa shape index (κ1) is 20.1. The highest BCUT2D eigenvalue weighted by molar-refractivity contribution is 6.07. The van der Waals surface area contributed by atoms with E-state index in [1.54, 1.807) is 6.92 Å². The number of nitrogens with zero attached hydrogens (tertiary/aromatic N) is 3. The summed E-state index contributed by atoms with van der Waals surface area (Å²) in [6, 6.07) is 1.94. The van der Waals surface area contributed by atoms with Crippen molar-refractivity contribution in [3.63, 3.8) is 0 Å². The molecule has 2 aromatic heterocycles. The van der Waals surface area contributed by atoms with Crippen LogP contribution in [0.5, 0.6) is 0 Å². The van der Waals surface area contributed by atoms with Crippen molar-refractivity contribution in [3.05, 3.63) is 47.4 Å². The van der Waals surface area contributed by atoms with Gasteiger partial charge >= 0.3 is 0 Å². The highest BCUT2D eigenvalue weighted by Crippen LogP contribution is 2.25. The average Bonchev–Trinajstić information content (AvgIpc) is 3.17. The van der Waals surface area contributed by atoms with Crippen LogP contribution in [0.2, 0.25) is 0 Å². The fourth-order valence-electron chi connectivity index (χ4n) is 3.39. The molecule has 9 nitrogen and oxygen atoms in total. The Kier molecular flexibility index (Phi) is 5.55. The molecular weight excluding hydrogens is 398 g/mol. The van der Waals surface area contributed by atoms with E-state index in [1.165, 1.54) is 6.33 Å². The number of aromatic nitrogens is 4. The molecule has 1 aliphatic heterocycles. The van der Waals surface area contributed by atoms with Gasteiger partial charge < -0.3 is 20.5 Å². The third-order valence-electron chi connectivity index (χ3n) is 5.00. The Morgan fingerprint density at radius 3 is 3.00 bits per heavy atom. The van der Waals surface area contributed by atoms with Crippen LogP contribution in [0, 0.1) is 11.6 Å². The summed E-state index contributed by atoms with van der Waals surface area (Å²) in [5.41, 5.74) is 0.342. The number of aromatic amines is 1. The van der Waals surface area contributed by atoms with Crippen LogP contribution in [0.15, 0.2) is 24.5 Å². The van der Waals surface area contributed by atoms with Gasteiger partial charge in [-0.15, -0.1) is 0 Å². The predicted molar refractivity (Wildman–Crippen MR) is 103 cm³/mol. The Hall–Kier alpha value is -3.18. The van der Waals surface area contributed by atoms with Gasteiger partial charge in [0.05, 0.1) is 30.2 Å². The van der Waals surface area contributed by atoms with Gasteiger partial charge in [-0.2, -0.15) is 5.10 Å². The van der Waals surface area contributed by atoms with Crippen LogP contribution in [0.4, 0.5) is 14.6 Å². The van der Waals surface area contributed by atoms with Crippen LogP contribution >= 0.6 is 0 Å². The minimum Gasteiger partial charge on any atom is -0.389 e. The molecule has 3 atom stereocenters. The number of H-pyrrole nitrogens is 1. The van der Waals surface area contributed by atoms with E-state index in [0.29, 0.717) is 24.2 Å². The van der Waals surface area contributed by atoms with Gasteiger partial charge in [0.15, 0.2) is 5.65 Å². The smallest absolute Gasteiger partial charge is 0.270 e. The van der Waals surface area contributed by atoms with Crippen molar-refractivity contribution in [1.29, 1.82) is 0 Å². The van der Waals surface area contributed by atoms with E-state index < -0.39 is 29.7 Å². The molecule has 0 saturated carbocycles. The molecule has 4 N–H and O–H groups in total. The van der Waals surface area contributed by atoms with Gasteiger partial charge in [-0.1, -0.05) is 0 Å². The first-order valence-electron chi connectivity index (χ1n) is 9.41. The van der Waals surface area contributed by atoms with E-state index in [-0.39, 0.29) is 29.6 Å². The standard InChI is InChI=1S/C19H20F2N6O3/c1-9(11-6-10(20)2-3-12(11)21)24-19(29)16-15-17(22-8-23-18(15)27-26-16)25-13-4-5-30-7-14(13)28/h2-3,6,8-9,13-14,28H,4-5,7H2,1H3,(H,24,29)(H2,22,23,25,26,27)/t9-,13-,14-/m1/s1. The van der Waals surface area contributed by atoms with Gasteiger partial charge in [0, 0.05) is 12.2 Å². The summed E-state index contributed by atoms with van der Waals surface area (Å²) >= 11 is 0. The number of hydrogen-bond acceptors (Lipinski definition) is 7. The first-order chi connectivity index (χ1) is 14.4. The molecule has 4 rings (SSSR count). The van der Waals surface area contributed by atoms with E-state index in [9.17, 15) is 18.7 Å². The van der Waals surface area contributed by atoms with Crippen molar-refractivity contribution >= 4 is 22.8 Å². The highest BCUT2D eigenvalue weighted by atomic mass is 19.1. The summed E-state index contributed by atoms with van der Waals surface area (Å²) in [4.78, 5) is 21.1. The molecule has 1 saturated heterocycles. The molecule has 0 aliphatic carbocycles. The fraction of sp³-hybridized carbons (Fsp3) is 0.368. The van der Waals surface area contributed by atoms with E-state index in [4.69, 9.17) is 4.74 Å². The Morgan fingerprint density at radius 2 is 2.20 bits per heavy atom. The summed E-state index contributed by atoms with van der Waals surface area (Å²) in [6.07, 6.45) is 1.12. The Balaban J connectivity index is 1.60. The van der Waals surface area contributed by atoms with Gasteiger partial charge in [0.2, 0.25) is 0 Å². The van der Waals surface area contributed by atoms with Gasteiger partial charge in [-0.05, 0) is 31.5 Å². The second kappa shape index (κ2) is 8.28. The number of carbonyl (C=O) groups excluding carboxylic acids is 1. The molecule has 158 valence electrons. The molecule has 3 aromatic rings. The zero-order valence-electron chi connectivity index (χ0n) is 16.0. The summed E-state index contributed by atoms with van der Waals surface area (Å²) in [7, 11) is 0. The van der Waals surface area contributed by atoms with Crippen molar-refractivity contribution in [2.75, 3.05) is 18.5 Å². The number of anilines is 1. The number of amides is 1. The first-order valence-corrected chi connectivity index (χ1v) is 9.41. The molecule has 0 spiro atoms. The van der Waals surface area contributed by atoms with E-state index in [0.717, 1.165) is 18.2 Å². The SMILES string of the molecule is C[C@@H](NC(=O)c1[nH]nc2ncnc(N[C@@H]3CCOC[C@H]3O)c12)c1cc(F)ccc1F. The summed E-state index contributed by atoms with van der Waals surface area (Å²) in [5, 5.41) is 22.9. The van der Waals surface area contributed by atoms with Crippen LogP contribution in [0.1, 0.15) is 35.4 Å². The molecule has 11 heteroatoms. The number of ether oxygens (including phenoxy) is 1. The van der Waals surface area contributed by atoms with Crippen LogP contribution in [-0.4, -0.2) is 56.5 Å². The average molecular weight is 418 g/mol. The maximum atomic E-state index is 14.0. The fourth-order valence-corrected chi connectivity index (χ4v) is 3.39. The molecular formula is C19H20F2N6O3. The minimum absolute atomic E-state index is 0.0205. The lowest BCUT2D eigenvalue weighted by atomic mass is 10.1. The number of benzene rings is 1. The zero-order valence-corrected chi connectivity index (χ0v) is 16.0. The lowest BCUT2D eigenvalue weighted by Crippen LogP contribution is -2.42. The van der Waals surface area contributed by atoms with E-state index in [2.05, 4.69) is 30.8 Å². The molecule has 1 aromatic carbocycles. The number of rotatable bonds is 5. The minimum atomic E-state index is -0.801. The van der Waals surface area contributed by atoms with Crippen LogP contribution in [-0.2, 0) is 4.74 Å². The summed E-state index contributed by atoms with van der Waals surface area (Å²) in [6.45, 7) is 2.22. The largest absolute Gasteiger partial charge is 0.389 e. The van der Waals surface area contributed by atoms with Crippen molar-refractivity contribution < 1.29 is 23.4 Å². The van der Waals surface area contributed by atoms with Crippen LogP contribution < -0.4 is 10.6 Å². The number of aliphatic hydroxyl groups excluding tert-OH is 1. The number of carbonyl (C=O) groups is 1. The quantitative estimate of drug-likeness (QED) is 0.497. The molecule has 1 aliphatic rings. The Bertz CT molecular complexity index is 1080. The number of aliphatic hydroxyl groups is 1. The topological polar surface area (TPSA) is 125 Å². The maximum absolute atomic E-state index is 14.0. The van der Waals surface area contributed by atoms with E-state index in [1.807, 2.05) is 0 Å². The van der Waals surface area contributed by atoms with Crippen molar-refractivity contribution in [1.82, 2.24) is 25.5 Å². The lowest BCUT2D eigenvalue weighted by molar-refractivity contribution is -0.0135. The molecule has 30 heavy (non-hydrogen) atoms. The van der Waals surface area contributed by atoms with Crippen molar-refractivity contribution in [2.45, 2.75) is 31.5 Å². The normalized spacial score (nSPS) is 20.1. The van der Waals surface area contributed by atoms with Crippen LogP contribution in [0.3, 0.4) is 0 Å². The predicted octanol–water partition coefficient (Wildman–Crippen LogP) is 1.68. The van der Waals surface area contributed by atoms with Gasteiger partial charge in [0.25, 0.3) is 5.91 Å². The number of halogens is 2. The molecule has 0 bridgehead atoms. The third kappa shape index (κ3) is 3.94. The van der Waals surface area contributed by atoms with Gasteiger partial charge in [-0.3, -0.25) is 9.89 Å². The van der Waals surface area contributed by atoms with Gasteiger partial charge in [-0.25, -0.2) is 18.7 Å². The van der Waals surface area contributed by atoms with Gasteiger partial charge in [0.1, 0.15) is 29.5 Å².